The molecule has 308 valence electrons. The molecule has 10 rings (SSSR count). The summed E-state index contributed by atoms with van der Waals surface area (Å²) in [6, 6.07) is 12.7. The van der Waals surface area contributed by atoms with Crippen molar-refractivity contribution in [3.63, 3.8) is 0 Å². The van der Waals surface area contributed by atoms with Crippen LogP contribution in [0.4, 0.5) is 22.2 Å². The van der Waals surface area contributed by atoms with Gasteiger partial charge in [-0.05, 0) is 82.6 Å². The summed E-state index contributed by atoms with van der Waals surface area (Å²) < 4.78 is 8.83. The SMILES string of the molecule is CC(C)(C)OC(=O)N(c1cc(Cl)nc2c(/C=C3\CC(=O)NC3=O)cnn12)C1CC1.O=C1C/C(=C\c2cnn3c(NC4CC4)cc(NC4CCc5ccccc54)nc23)C(=O)N1. The highest BCUT2D eigenvalue weighted by atomic mass is 35.5. The fraction of sp³-hybridized carbons (Fsp3) is 0.357. The molecule has 4 N–H and O–H groups in total. The molecule has 1 unspecified atom stereocenters. The minimum Gasteiger partial charge on any atom is -0.443 e. The average molecular weight is 832 g/mol. The Morgan fingerprint density at radius 2 is 1.48 bits per heavy atom. The highest BCUT2D eigenvalue weighted by Gasteiger charge is 2.38. The number of amides is 5. The van der Waals surface area contributed by atoms with Crippen molar-refractivity contribution in [1.29, 1.82) is 0 Å². The van der Waals surface area contributed by atoms with Gasteiger partial charge < -0.3 is 15.4 Å². The van der Waals surface area contributed by atoms with Crippen molar-refractivity contribution in [1.82, 2.24) is 39.8 Å². The molecule has 0 bridgehead atoms. The summed E-state index contributed by atoms with van der Waals surface area (Å²) >= 11 is 6.24. The van der Waals surface area contributed by atoms with Crippen molar-refractivity contribution < 1.29 is 28.7 Å². The van der Waals surface area contributed by atoms with Gasteiger partial charge in [-0.3, -0.25) is 34.7 Å². The highest BCUT2D eigenvalue weighted by molar-refractivity contribution is 6.30. The number of aryl methyl sites for hydroxylation is 1. The van der Waals surface area contributed by atoms with Gasteiger partial charge in [0.2, 0.25) is 11.8 Å². The lowest BCUT2D eigenvalue weighted by molar-refractivity contribution is -0.125. The van der Waals surface area contributed by atoms with Crippen molar-refractivity contribution >= 4 is 82.2 Å². The average Bonchev–Trinajstić information content (AvgIpc) is 3.98. The third-order valence-corrected chi connectivity index (χ3v) is 10.7. The first-order chi connectivity index (χ1) is 28.8. The fourth-order valence-electron chi connectivity index (χ4n) is 7.48. The number of aromatic nitrogens is 6. The summed E-state index contributed by atoms with van der Waals surface area (Å²) in [5.74, 6) is 0.659. The van der Waals surface area contributed by atoms with Gasteiger partial charge >= 0.3 is 6.09 Å². The van der Waals surface area contributed by atoms with E-state index in [0.717, 1.165) is 50.2 Å². The Morgan fingerprint density at radius 3 is 2.08 bits per heavy atom. The molecule has 1 aromatic carbocycles. The van der Waals surface area contributed by atoms with Crippen LogP contribution in [0.5, 0.6) is 0 Å². The lowest BCUT2D eigenvalue weighted by Crippen LogP contribution is -2.39. The van der Waals surface area contributed by atoms with Crippen LogP contribution in [0.2, 0.25) is 5.15 Å². The van der Waals surface area contributed by atoms with Crippen molar-refractivity contribution in [2.75, 3.05) is 15.5 Å². The standard InChI is InChI=1S/C23H22N6O2.C19H20ClN5O4/c30-21-10-14(23(31)28-21)9-15-12-24-29-20(25-16-6-7-16)11-19(27-22(15)29)26-18-8-5-13-3-1-2-4-17(13)18;1-19(2,3)29-18(28)24(12-4-5-12)15-8-13(20)22-16-11(9-21-25(15)16)6-10-7-14(26)23-17(10)27/h1-4,9,11-12,16,18,25H,5-8,10H2,(H,26,27)(H,28,30,31);6,8-9,12H,4-5,7H2,1-3H3,(H,23,26,27)/b14-9+;10-6+. The van der Waals surface area contributed by atoms with Crippen molar-refractivity contribution in [3.8, 4) is 0 Å². The molecule has 5 aliphatic rings. The van der Waals surface area contributed by atoms with Crippen molar-refractivity contribution in [3.05, 3.63) is 87.3 Å². The van der Waals surface area contributed by atoms with Crippen LogP contribution in [0.25, 0.3) is 23.4 Å². The smallest absolute Gasteiger partial charge is 0.416 e. The fourth-order valence-corrected chi connectivity index (χ4v) is 7.66. The number of nitrogens with zero attached hydrogens (tertiary/aromatic N) is 7. The number of carbonyl (C=O) groups is 5. The summed E-state index contributed by atoms with van der Waals surface area (Å²) in [6.45, 7) is 5.41. The van der Waals surface area contributed by atoms with Crippen LogP contribution >= 0.6 is 11.6 Å². The number of carbonyl (C=O) groups excluding carboxylic acids is 5. The molecule has 4 aromatic heterocycles. The Morgan fingerprint density at radius 1 is 0.850 bits per heavy atom. The Bertz CT molecular complexity index is 2690. The van der Waals surface area contributed by atoms with Crippen LogP contribution in [-0.2, 0) is 30.3 Å². The quantitative estimate of drug-likeness (QED) is 0.0863. The van der Waals surface area contributed by atoms with Crippen molar-refractivity contribution in [2.24, 2.45) is 0 Å². The molecule has 5 aromatic rings. The van der Waals surface area contributed by atoms with Crippen LogP contribution in [0, 0.1) is 0 Å². The monoisotopic (exact) mass is 831 g/mol. The number of benzene rings is 1. The molecule has 2 saturated carbocycles. The van der Waals surface area contributed by atoms with Crippen LogP contribution in [0.1, 0.15) is 94.0 Å². The van der Waals surface area contributed by atoms with Gasteiger partial charge in [-0.15, -0.1) is 0 Å². The van der Waals surface area contributed by atoms with Gasteiger partial charge in [0.05, 0.1) is 31.3 Å². The number of halogens is 1. The zero-order valence-corrected chi connectivity index (χ0v) is 33.9. The first-order valence-corrected chi connectivity index (χ1v) is 20.3. The predicted octanol–water partition coefficient (Wildman–Crippen LogP) is 5.55. The number of ether oxygens (including phenoxy) is 1. The second-order valence-electron chi connectivity index (χ2n) is 16.5. The highest BCUT2D eigenvalue weighted by Crippen LogP contribution is 2.36. The number of hydrogen-bond donors (Lipinski definition) is 4. The lowest BCUT2D eigenvalue weighted by atomic mass is 10.1. The molecular formula is C42H42ClN11O6. The number of anilines is 3. The van der Waals surface area contributed by atoms with E-state index in [-0.39, 0.29) is 47.8 Å². The molecule has 2 saturated heterocycles. The zero-order valence-electron chi connectivity index (χ0n) is 33.1. The van der Waals surface area contributed by atoms with Gasteiger partial charge in [-0.2, -0.15) is 19.2 Å². The molecular weight excluding hydrogens is 790 g/mol. The maximum atomic E-state index is 12.9. The summed E-state index contributed by atoms with van der Waals surface area (Å²) in [5, 5.41) is 20.7. The molecule has 6 heterocycles. The Labute approximate surface area is 348 Å². The van der Waals surface area contributed by atoms with Gasteiger partial charge in [0.25, 0.3) is 11.8 Å². The first-order valence-electron chi connectivity index (χ1n) is 19.9. The zero-order chi connectivity index (χ0) is 41.9. The van der Waals surface area contributed by atoms with Crippen LogP contribution < -0.4 is 26.2 Å². The summed E-state index contributed by atoms with van der Waals surface area (Å²) in [6.07, 6.45) is 12.1. The minimum atomic E-state index is -0.651. The normalized spacial score (nSPS) is 20.0. The third kappa shape index (κ3) is 8.16. The van der Waals surface area contributed by atoms with E-state index in [9.17, 15) is 24.0 Å². The maximum absolute atomic E-state index is 12.9. The third-order valence-electron chi connectivity index (χ3n) is 10.5. The lowest BCUT2D eigenvalue weighted by Gasteiger charge is -2.27. The predicted molar refractivity (Wildman–Crippen MR) is 222 cm³/mol. The molecule has 60 heavy (non-hydrogen) atoms. The first kappa shape index (κ1) is 38.9. The van der Waals surface area contributed by atoms with E-state index in [2.05, 4.69) is 60.7 Å². The van der Waals surface area contributed by atoms with Crippen LogP contribution in [0.15, 0.2) is 59.9 Å². The van der Waals surface area contributed by atoms with E-state index in [1.165, 1.54) is 21.8 Å². The molecule has 5 amide bonds. The van der Waals surface area contributed by atoms with Gasteiger partial charge in [-0.25, -0.2) is 14.8 Å². The number of imide groups is 2. The second-order valence-corrected chi connectivity index (χ2v) is 16.9. The largest absolute Gasteiger partial charge is 0.443 e. The number of rotatable bonds is 8. The molecule has 0 radical (unpaired) electrons. The molecule has 4 fully saturated rings. The minimum absolute atomic E-state index is 0.00393. The molecule has 1 atom stereocenters. The summed E-state index contributed by atoms with van der Waals surface area (Å²) in [5.41, 5.74) is 5.06. The summed E-state index contributed by atoms with van der Waals surface area (Å²) in [7, 11) is 0. The van der Waals surface area contributed by atoms with Crippen LogP contribution in [0.3, 0.4) is 0 Å². The number of hydrogen-bond acceptors (Lipinski definition) is 12. The maximum Gasteiger partial charge on any atom is 0.416 e. The van der Waals surface area contributed by atoms with Gasteiger partial charge in [0, 0.05) is 46.5 Å². The molecule has 2 aliphatic heterocycles. The van der Waals surface area contributed by atoms with Gasteiger partial charge in [0.1, 0.15) is 28.2 Å². The molecule has 0 spiro atoms. The topological polar surface area (TPSA) is 206 Å². The molecule has 17 nitrogen and oxygen atoms in total. The van der Waals surface area contributed by atoms with Gasteiger partial charge in [-0.1, -0.05) is 35.9 Å². The second kappa shape index (κ2) is 15.2. The number of fused-ring (bicyclic) bond motifs is 3. The summed E-state index contributed by atoms with van der Waals surface area (Å²) in [4.78, 5) is 70.4. The molecule has 18 heteroatoms. The Balaban J connectivity index is 0.000000155. The van der Waals surface area contributed by atoms with Crippen LogP contribution in [-0.4, -0.2) is 76.6 Å². The van der Waals surface area contributed by atoms with E-state index in [1.807, 2.05) is 6.07 Å². The van der Waals surface area contributed by atoms with Gasteiger partial charge in [0.15, 0.2) is 11.3 Å². The van der Waals surface area contributed by atoms with Crippen molar-refractivity contribution in [2.45, 2.75) is 95.9 Å². The van der Waals surface area contributed by atoms with E-state index < -0.39 is 17.6 Å². The Hall–Kier alpha value is -6.62. The van der Waals surface area contributed by atoms with E-state index in [0.29, 0.717) is 45.4 Å². The van der Waals surface area contributed by atoms with E-state index in [1.54, 1.807) is 54.6 Å². The Kier molecular flexibility index (Phi) is 9.85. The van der Waals surface area contributed by atoms with E-state index >= 15 is 0 Å². The van der Waals surface area contributed by atoms with E-state index in [4.69, 9.17) is 21.3 Å². The number of nitrogens with one attached hydrogen (secondary N) is 4. The molecule has 3 aliphatic carbocycles.